The van der Waals surface area contributed by atoms with Crippen molar-refractivity contribution in [3.05, 3.63) is 54.1 Å². The van der Waals surface area contributed by atoms with Gasteiger partial charge in [-0.2, -0.15) is 0 Å². The molecule has 1 heterocycles. The number of para-hydroxylation sites is 1. The molecule has 0 saturated heterocycles. The second-order valence-electron chi connectivity index (χ2n) is 3.71. The summed E-state index contributed by atoms with van der Waals surface area (Å²) in [6.45, 7) is 2.15. The molecule has 1 aromatic carbocycles. The second kappa shape index (κ2) is 5.77. The highest BCUT2D eigenvalue weighted by atomic mass is 16.5. The number of aromatic nitrogens is 2. The van der Waals surface area contributed by atoms with Gasteiger partial charge in [0, 0.05) is 6.20 Å². The molecule has 2 rings (SSSR count). The summed E-state index contributed by atoms with van der Waals surface area (Å²) >= 11 is 0. The van der Waals surface area contributed by atoms with E-state index in [9.17, 15) is 4.79 Å². The van der Waals surface area contributed by atoms with Crippen LogP contribution in [0, 0.1) is 6.92 Å². The summed E-state index contributed by atoms with van der Waals surface area (Å²) in [5, 5.41) is 2.60. The van der Waals surface area contributed by atoms with Crippen molar-refractivity contribution in [2.45, 2.75) is 13.5 Å². The first-order valence-electron chi connectivity index (χ1n) is 5.52. The fourth-order valence-corrected chi connectivity index (χ4v) is 1.30. The van der Waals surface area contributed by atoms with Gasteiger partial charge in [-0.1, -0.05) is 18.2 Å². The lowest BCUT2D eigenvalue weighted by atomic mass is 10.3. The largest absolute Gasteiger partial charge is 0.412 e. The van der Waals surface area contributed by atoms with Crippen molar-refractivity contribution in [3.63, 3.8) is 0 Å². The third kappa shape index (κ3) is 3.55. The molecule has 0 bridgehead atoms. The predicted octanol–water partition coefficient (Wildman–Crippen LogP) is 2.07. The van der Waals surface area contributed by atoms with Gasteiger partial charge in [-0.3, -0.25) is 9.97 Å². The smallest absolute Gasteiger partial charge is 0.410 e. The van der Waals surface area contributed by atoms with Gasteiger partial charge in [-0.15, -0.1) is 0 Å². The molecule has 0 fully saturated rings. The highest BCUT2D eigenvalue weighted by Crippen LogP contribution is 2.08. The van der Waals surface area contributed by atoms with Gasteiger partial charge >= 0.3 is 6.09 Å². The minimum absolute atomic E-state index is 0.291. The summed E-state index contributed by atoms with van der Waals surface area (Å²) in [6, 6.07) is 8.88. The first-order valence-corrected chi connectivity index (χ1v) is 5.52. The lowest BCUT2D eigenvalue weighted by Crippen LogP contribution is -2.26. The Hall–Kier alpha value is -2.43. The number of hydrogen-bond acceptors (Lipinski definition) is 4. The Kier molecular flexibility index (Phi) is 3.86. The highest BCUT2D eigenvalue weighted by Gasteiger charge is 2.04. The molecule has 0 radical (unpaired) electrons. The van der Waals surface area contributed by atoms with E-state index in [2.05, 4.69) is 15.3 Å². The fraction of sp³-hybridized carbons (Fsp3) is 0.154. The average Bonchev–Trinajstić information content (AvgIpc) is 2.39. The van der Waals surface area contributed by atoms with Gasteiger partial charge < -0.3 is 10.1 Å². The minimum atomic E-state index is -0.511. The summed E-state index contributed by atoms with van der Waals surface area (Å²) in [4.78, 5) is 19.7. The average molecular weight is 243 g/mol. The maximum Gasteiger partial charge on any atom is 0.412 e. The molecule has 0 unspecified atom stereocenters. The topological polar surface area (TPSA) is 64.1 Å². The van der Waals surface area contributed by atoms with Crippen molar-refractivity contribution in [1.82, 2.24) is 15.3 Å². The van der Waals surface area contributed by atoms with Crippen LogP contribution in [0.5, 0.6) is 5.75 Å². The Balaban J connectivity index is 1.83. The maximum atomic E-state index is 11.5. The lowest BCUT2D eigenvalue weighted by Gasteiger charge is -2.05. The first-order chi connectivity index (χ1) is 8.74. The highest BCUT2D eigenvalue weighted by molar-refractivity contribution is 5.70. The SMILES string of the molecule is Cc1cnc(CNC(=O)Oc2ccccc2)cn1. The van der Waals surface area contributed by atoms with Crippen LogP contribution in [-0.4, -0.2) is 16.1 Å². The Bertz CT molecular complexity index is 512. The molecule has 1 N–H and O–H groups in total. The fourth-order valence-electron chi connectivity index (χ4n) is 1.30. The van der Waals surface area contributed by atoms with Crippen LogP contribution in [0.15, 0.2) is 42.7 Å². The molecular formula is C13H13N3O2. The van der Waals surface area contributed by atoms with Crippen LogP contribution in [0.4, 0.5) is 4.79 Å². The lowest BCUT2D eigenvalue weighted by molar-refractivity contribution is 0.200. The summed E-state index contributed by atoms with van der Waals surface area (Å²) < 4.78 is 5.06. The first kappa shape index (κ1) is 12.0. The zero-order valence-corrected chi connectivity index (χ0v) is 9.96. The molecule has 2 aromatic rings. The second-order valence-corrected chi connectivity index (χ2v) is 3.71. The normalized spacial score (nSPS) is 9.83. The quantitative estimate of drug-likeness (QED) is 0.896. The number of hydrogen-bond donors (Lipinski definition) is 1. The van der Waals surface area contributed by atoms with E-state index in [1.165, 1.54) is 0 Å². The number of ether oxygens (including phenoxy) is 1. The standard InChI is InChI=1S/C13H13N3O2/c1-10-7-15-11(8-14-10)9-16-13(17)18-12-5-3-2-4-6-12/h2-8H,9H2,1H3,(H,16,17). The van der Waals surface area contributed by atoms with E-state index >= 15 is 0 Å². The van der Waals surface area contributed by atoms with Crippen molar-refractivity contribution >= 4 is 6.09 Å². The molecule has 92 valence electrons. The van der Waals surface area contributed by atoms with Crippen molar-refractivity contribution in [3.8, 4) is 5.75 Å². The molecule has 1 amide bonds. The van der Waals surface area contributed by atoms with E-state index in [-0.39, 0.29) is 0 Å². The molecule has 0 saturated carbocycles. The molecule has 18 heavy (non-hydrogen) atoms. The van der Waals surface area contributed by atoms with Gasteiger partial charge in [0.15, 0.2) is 0 Å². The number of carbonyl (C=O) groups excluding carboxylic acids is 1. The van der Waals surface area contributed by atoms with Crippen molar-refractivity contribution in [2.75, 3.05) is 0 Å². The molecule has 0 atom stereocenters. The van der Waals surface area contributed by atoms with Crippen molar-refractivity contribution in [2.24, 2.45) is 0 Å². The van der Waals surface area contributed by atoms with E-state index in [4.69, 9.17) is 4.74 Å². The van der Waals surface area contributed by atoms with Crippen LogP contribution in [0.3, 0.4) is 0 Å². The monoisotopic (exact) mass is 243 g/mol. The van der Waals surface area contributed by atoms with Gasteiger partial charge in [-0.05, 0) is 19.1 Å². The molecule has 0 spiro atoms. The summed E-state index contributed by atoms with van der Waals surface area (Å²) in [5.41, 5.74) is 1.52. The Morgan fingerprint density at radius 2 is 2.00 bits per heavy atom. The molecular weight excluding hydrogens is 230 g/mol. The van der Waals surface area contributed by atoms with Gasteiger partial charge in [0.2, 0.25) is 0 Å². The zero-order chi connectivity index (χ0) is 12.8. The summed E-state index contributed by atoms with van der Waals surface area (Å²) in [7, 11) is 0. The van der Waals surface area contributed by atoms with Crippen molar-refractivity contribution in [1.29, 1.82) is 0 Å². The van der Waals surface area contributed by atoms with Crippen LogP contribution < -0.4 is 10.1 Å². The Labute approximate surface area is 105 Å². The number of rotatable bonds is 3. The van der Waals surface area contributed by atoms with Crippen LogP contribution >= 0.6 is 0 Å². The minimum Gasteiger partial charge on any atom is -0.410 e. The number of nitrogens with zero attached hydrogens (tertiary/aromatic N) is 2. The van der Waals surface area contributed by atoms with E-state index in [0.717, 1.165) is 5.69 Å². The van der Waals surface area contributed by atoms with Gasteiger partial charge in [0.05, 0.1) is 24.1 Å². The number of aryl methyl sites for hydroxylation is 1. The molecule has 5 heteroatoms. The third-order valence-electron chi connectivity index (χ3n) is 2.20. The van der Waals surface area contributed by atoms with Gasteiger partial charge in [0.25, 0.3) is 0 Å². The number of nitrogens with one attached hydrogen (secondary N) is 1. The summed E-state index contributed by atoms with van der Waals surface area (Å²) in [6.07, 6.45) is 2.76. The third-order valence-corrected chi connectivity index (χ3v) is 2.20. The van der Waals surface area contributed by atoms with Crippen LogP contribution in [0.25, 0.3) is 0 Å². The zero-order valence-electron chi connectivity index (χ0n) is 9.96. The molecule has 5 nitrogen and oxygen atoms in total. The Morgan fingerprint density at radius 3 is 2.67 bits per heavy atom. The number of benzene rings is 1. The van der Waals surface area contributed by atoms with Crippen LogP contribution in [0.2, 0.25) is 0 Å². The Morgan fingerprint density at radius 1 is 1.22 bits per heavy atom. The molecule has 1 aromatic heterocycles. The molecule has 0 aliphatic rings. The number of carbonyl (C=O) groups is 1. The van der Waals surface area contributed by atoms with Gasteiger partial charge in [0.1, 0.15) is 5.75 Å². The van der Waals surface area contributed by atoms with E-state index in [1.807, 2.05) is 13.0 Å². The molecule has 0 aliphatic carbocycles. The van der Waals surface area contributed by atoms with Crippen LogP contribution in [0.1, 0.15) is 11.4 Å². The van der Waals surface area contributed by atoms with Crippen LogP contribution in [-0.2, 0) is 6.54 Å². The predicted molar refractivity (Wildman–Crippen MR) is 66.1 cm³/mol. The van der Waals surface area contributed by atoms with Crippen molar-refractivity contribution < 1.29 is 9.53 Å². The van der Waals surface area contributed by atoms with E-state index in [0.29, 0.717) is 18.0 Å². The van der Waals surface area contributed by atoms with E-state index in [1.54, 1.807) is 36.7 Å². The van der Waals surface area contributed by atoms with E-state index < -0.39 is 6.09 Å². The number of amides is 1. The summed E-state index contributed by atoms with van der Waals surface area (Å²) in [5.74, 6) is 0.505. The van der Waals surface area contributed by atoms with Gasteiger partial charge in [-0.25, -0.2) is 4.79 Å². The molecule has 0 aliphatic heterocycles. The maximum absolute atomic E-state index is 11.5.